The molecule has 1 aromatic heterocycles. The van der Waals surface area contributed by atoms with Crippen LogP contribution in [0, 0.1) is 23.6 Å². The average molecular weight is 490 g/mol. The quantitative estimate of drug-likeness (QED) is 0.509. The fraction of sp³-hybridized carbons (Fsp3) is 0.583. The molecular weight excluding hydrogens is 457 g/mol. The molecule has 5 atom stereocenters. The molecule has 2 bridgehead atoms. The van der Waals surface area contributed by atoms with Crippen molar-refractivity contribution in [2.75, 3.05) is 6.54 Å². The van der Waals surface area contributed by atoms with Crippen LogP contribution in [0.5, 0.6) is 5.75 Å². The number of para-hydroxylation sites is 1. The Kier molecular flexibility index (Phi) is 7.75. The fourth-order valence-electron chi connectivity index (χ4n) is 5.31. The summed E-state index contributed by atoms with van der Waals surface area (Å²) in [5.41, 5.74) is 0. The summed E-state index contributed by atoms with van der Waals surface area (Å²) in [5.74, 6) is 1.89. The van der Waals surface area contributed by atoms with Gasteiger partial charge in [0.25, 0.3) is 0 Å². The lowest BCUT2D eigenvalue weighted by molar-refractivity contribution is -0.119. The summed E-state index contributed by atoms with van der Waals surface area (Å²) in [6.45, 7) is 6.19. The molecule has 2 fully saturated rings. The number of imide groups is 1. The number of fused-ring (bicyclic) bond motifs is 2. The highest BCUT2D eigenvalue weighted by atomic mass is 32.2. The van der Waals surface area contributed by atoms with Crippen molar-refractivity contribution >= 4 is 23.7 Å². The first-order chi connectivity index (χ1) is 16.4. The van der Waals surface area contributed by atoms with Crippen molar-refractivity contribution in [2.24, 2.45) is 17.8 Å². The molecule has 2 aromatic rings. The van der Waals surface area contributed by atoms with Crippen LogP contribution >= 0.6 is 11.8 Å². The molecular formula is C24H32FN5O3S. The van der Waals surface area contributed by atoms with Crippen molar-refractivity contribution in [1.29, 1.82) is 0 Å². The van der Waals surface area contributed by atoms with E-state index in [1.807, 2.05) is 4.57 Å². The van der Waals surface area contributed by atoms with Crippen LogP contribution in [0.25, 0.3) is 0 Å². The first kappa shape index (κ1) is 24.5. The van der Waals surface area contributed by atoms with E-state index in [2.05, 4.69) is 27.8 Å². The standard InChI is InChI=1S/C24H32FN5O3S/c1-4-26-23(32)27-22(31)15(3)34-24-29-28-21(13-33-20-8-6-5-7-19(20)25)30(24)14(2)18-12-16-9-10-17(18)11-16/h5-8,14-18H,4,9-13H2,1-3H3,(H2,26,27,31,32)/t14-,15-,16+,17+,18-/m0/s1. The van der Waals surface area contributed by atoms with Gasteiger partial charge in [-0.3, -0.25) is 14.7 Å². The number of aromatic nitrogens is 3. The molecule has 1 heterocycles. The number of carbonyl (C=O) groups is 2. The van der Waals surface area contributed by atoms with E-state index in [0.717, 1.165) is 5.92 Å². The molecule has 4 rings (SSSR count). The third-order valence-electron chi connectivity index (χ3n) is 6.97. The third-order valence-corrected chi connectivity index (χ3v) is 8.03. The number of benzene rings is 1. The van der Waals surface area contributed by atoms with E-state index in [9.17, 15) is 14.0 Å². The molecule has 0 aliphatic heterocycles. The highest BCUT2D eigenvalue weighted by Crippen LogP contribution is 2.52. The Hall–Kier alpha value is -2.62. The summed E-state index contributed by atoms with van der Waals surface area (Å²) in [6, 6.07) is 5.87. The number of thioether (sulfide) groups is 1. The van der Waals surface area contributed by atoms with Crippen LogP contribution < -0.4 is 15.4 Å². The van der Waals surface area contributed by atoms with Gasteiger partial charge in [0.2, 0.25) is 5.91 Å². The highest BCUT2D eigenvalue weighted by Gasteiger charge is 2.43. The van der Waals surface area contributed by atoms with Crippen LogP contribution in [0.1, 0.15) is 58.3 Å². The van der Waals surface area contributed by atoms with E-state index in [4.69, 9.17) is 4.74 Å². The van der Waals surface area contributed by atoms with Crippen molar-refractivity contribution in [3.05, 3.63) is 35.9 Å². The van der Waals surface area contributed by atoms with E-state index in [0.29, 0.717) is 29.4 Å². The van der Waals surface area contributed by atoms with Crippen LogP contribution in [0.3, 0.4) is 0 Å². The number of urea groups is 1. The molecule has 2 saturated carbocycles. The van der Waals surface area contributed by atoms with Crippen LogP contribution in [0.15, 0.2) is 29.4 Å². The highest BCUT2D eigenvalue weighted by molar-refractivity contribution is 8.00. The summed E-state index contributed by atoms with van der Waals surface area (Å²) >= 11 is 1.26. The molecule has 2 N–H and O–H groups in total. The summed E-state index contributed by atoms with van der Waals surface area (Å²) in [4.78, 5) is 24.3. The number of carbonyl (C=O) groups excluding carboxylic acids is 2. The van der Waals surface area contributed by atoms with Crippen molar-refractivity contribution in [1.82, 2.24) is 25.4 Å². The lowest BCUT2D eigenvalue weighted by atomic mass is 9.84. The Morgan fingerprint density at radius 2 is 2.03 bits per heavy atom. The molecule has 2 aliphatic rings. The molecule has 0 unspecified atom stereocenters. The average Bonchev–Trinajstić information content (AvgIpc) is 3.54. The van der Waals surface area contributed by atoms with Gasteiger partial charge in [0.1, 0.15) is 6.61 Å². The molecule has 2 aliphatic carbocycles. The van der Waals surface area contributed by atoms with Gasteiger partial charge >= 0.3 is 6.03 Å². The van der Waals surface area contributed by atoms with Gasteiger partial charge in [-0.05, 0) is 69.9 Å². The van der Waals surface area contributed by atoms with Crippen LogP contribution in [0.4, 0.5) is 9.18 Å². The van der Waals surface area contributed by atoms with Gasteiger partial charge in [-0.2, -0.15) is 0 Å². The maximum atomic E-state index is 14.1. The maximum absolute atomic E-state index is 14.1. The molecule has 1 aromatic carbocycles. The summed E-state index contributed by atoms with van der Waals surface area (Å²) < 4.78 is 21.9. The number of ether oxygens (including phenoxy) is 1. The molecule has 0 spiro atoms. The van der Waals surface area contributed by atoms with Gasteiger partial charge in [0.15, 0.2) is 22.5 Å². The second kappa shape index (κ2) is 10.8. The second-order valence-corrected chi connectivity index (χ2v) is 10.5. The molecule has 3 amide bonds. The zero-order chi connectivity index (χ0) is 24.2. The van der Waals surface area contributed by atoms with Crippen molar-refractivity contribution < 1.29 is 18.7 Å². The molecule has 10 heteroatoms. The van der Waals surface area contributed by atoms with Gasteiger partial charge in [-0.1, -0.05) is 30.3 Å². The predicted octanol–water partition coefficient (Wildman–Crippen LogP) is 4.32. The van der Waals surface area contributed by atoms with Gasteiger partial charge in [0, 0.05) is 12.6 Å². The number of hydrogen-bond donors (Lipinski definition) is 2. The summed E-state index contributed by atoms with van der Waals surface area (Å²) in [6.07, 6.45) is 5.00. The zero-order valence-corrected chi connectivity index (χ0v) is 20.6. The van der Waals surface area contributed by atoms with Crippen LogP contribution in [-0.2, 0) is 11.4 Å². The number of nitrogens with zero attached hydrogens (tertiary/aromatic N) is 3. The smallest absolute Gasteiger partial charge is 0.321 e. The van der Waals surface area contributed by atoms with Crippen molar-refractivity contribution in [3.8, 4) is 5.75 Å². The van der Waals surface area contributed by atoms with E-state index in [1.165, 1.54) is 43.5 Å². The number of nitrogens with one attached hydrogen (secondary N) is 2. The first-order valence-corrected chi connectivity index (χ1v) is 12.8. The number of hydrogen-bond acceptors (Lipinski definition) is 6. The molecule has 0 radical (unpaired) electrons. The van der Waals surface area contributed by atoms with E-state index >= 15 is 0 Å². The minimum atomic E-state index is -0.557. The number of rotatable bonds is 9. The van der Waals surface area contributed by atoms with Gasteiger partial charge in [0.05, 0.1) is 5.25 Å². The van der Waals surface area contributed by atoms with Crippen molar-refractivity contribution in [2.45, 2.75) is 69.5 Å². The van der Waals surface area contributed by atoms with Crippen LogP contribution in [0.2, 0.25) is 0 Å². The van der Waals surface area contributed by atoms with E-state index < -0.39 is 23.0 Å². The van der Waals surface area contributed by atoms with Crippen LogP contribution in [-0.4, -0.2) is 38.5 Å². The lowest BCUT2D eigenvalue weighted by Crippen LogP contribution is -2.42. The van der Waals surface area contributed by atoms with Gasteiger partial charge in [-0.25, -0.2) is 9.18 Å². The Bertz CT molecular complexity index is 1030. The minimum Gasteiger partial charge on any atom is -0.483 e. The van der Waals surface area contributed by atoms with Crippen molar-refractivity contribution in [3.63, 3.8) is 0 Å². The predicted molar refractivity (Wildman–Crippen MR) is 127 cm³/mol. The Morgan fingerprint density at radius 1 is 1.24 bits per heavy atom. The second-order valence-electron chi connectivity index (χ2n) is 9.18. The molecule has 184 valence electrons. The summed E-state index contributed by atoms with van der Waals surface area (Å²) in [7, 11) is 0. The Balaban J connectivity index is 1.54. The van der Waals surface area contributed by atoms with Gasteiger partial charge < -0.3 is 10.1 Å². The van der Waals surface area contributed by atoms with E-state index in [1.54, 1.807) is 32.0 Å². The normalized spacial score (nSPS) is 22.9. The summed E-state index contributed by atoms with van der Waals surface area (Å²) in [5, 5.41) is 13.7. The van der Waals surface area contributed by atoms with E-state index in [-0.39, 0.29) is 18.4 Å². The zero-order valence-electron chi connectivity index (χ0n) is 19.8. The molecule has 0 saturated heterocycles. The fourth-order valence-corrected chi connectivity index (χ4v) is 6.26. The lowest BCUT2D eigenvalue weighted by Gasteiger charge is -2.30. The monoisotopic (exact) mass is 489 g/mol. The SMILES string of the molecule is CCNC(=O)NC(=O)[C@H](C)Sc1nnc(COc2ccccc2F)n1[C@@H](C)[C@@H]1C[C@@H]2CC[C@@H]1C2. The number of halogens is 1. The molecule has 8 nitrogen and oxygen atoms in total. The van der Waals surface area contributed by atoms with Gasteiger partial charge in [-0.15, -0.1) is 10.2 Å². The largest absolute Gasteiger partial charge is 0.483 e. The molecule has 34 heavy (non-hydrogen) atoms. The Labute approximate surface area is 203 Å². The topological polar surface area (TPSA) is 98.1 Å². The minimum absolute atomic E-state index is 0.0686. The Morgan fingerprint density at radius 3 is 2.71 bits per heavy atom. The first-order valence-electron chi connectivity index (χ1n) is 11.9. The number of amides is 3. The maximum Gasteiger partial charge on any atom is 0.321 e. The third kappa shape index (κ3) is 5.37.